The molecule has 0 atom stereocenters. The van der Waals surface area contributed by atoms with Gasteiger partial charge in [-0.1, -0.05) is 0 Å². The van der Waals surface area contributed by atoms with Crippen molar-refractivity contribution >= 4 is 10.1 Å². The minimum atomic E-state index is -4.20. The molecule has 1 aromatic carbocycles. The summed E-state index contributed by atoms with van der Waals surface area (Å²) in [6.07, 6.45) is -6.10. The third-order valence-electron chi connectivity index (χ3n) is 1.75. The van der Waals surface area contributed by atoms with Crippen LogP contribution in [0.1, 0.15) is 24.0 Å². The van der Waals surface area contributed by atoms with Gasteiger partial charge < -0.3 is 4.18 Å². The van der Waals surface area contributed by atoms with E-state index >= 15 is 0 Å². The van der Waals surface area contributed by atoms with E-state index in [1.165, 1.54) is 6.07 Å². The van der Waals surface area contributed by atoms with Crippen molar-refractivity contribution in [2.75, 3.05) is 6.26 Å². The van der Waals surface area contributed by atoms with Crippen molar-refractivity contribution in [3.63, 3.8) is 0 Å². The maximum absolute atomic E-state index is 13.1. The van der Waals surface area contributed by atoms with E-state index in [0.29, 0.717) is 6.26 Å². The van der Waals surface area contributed by atoms with Gasteiger partial charge in [-0.2, -0.15) is 8.42 Å². The summed E-state index contributed by atoms with van der Waals surface area (Å²) in [5.41, 5.74) is -2.47. The van der Waals surface area contributed by atoms with Crippen molar-refractivity contribution < 1.29 is 34.6 Å². The molecular formula is C9H6F5O3S. The Balaban J connectivity index is 3.38. The zero-order valence-electron chi connectivity index (χ0n) is 8.75. The molecule has 101 valence electrons. The Kier molecular flexibility index (Phi) is 4.15. The summed E-state index contributed by atoms with van der Waals surface area (Å²) in [6.45, 7) is 0. The molecule has 0 bridgehead atoms. The van der Waals surface area contributed by atoms with Crippen molar-refractivity contribution in [3.05, 3.63) is 29.1 Å². The van der Waals surface area contributed by atoms with Gasteiger partial charge in [0.15, 0.2) is 5.75 Å². The summed E-state index contributed by atoms with van der Waals surface area (Å²) in [4.78, 5) is 0. The SMILES string of the molecule is CS(=O)(=O)Oc1[c]c(F)c(C(F)F)cc1C(F)F. The predicted molar refractivity (Wildman–Crippen MR) is 50.6 cm³/mol. The van der Waals surface area contributed by atoms with E-state index in [9.17, 15) is 30.4 Å². The summed E-state index contributed by atoms with van der Waals surface area (Å²) in [7, 11) is -4.20. The van der Waals surface area contributed by atoms with Gasteiger partial charge in [0.05, 0.1) is 23.4 Å². The summed E-state index contributed by atoms with van der Waals surface area (Å²) >= 11 is 0. The molecule has 0 heterocycles. The van der Waals surface area contributed by atoms with E-state index < -0.39 is 45.7 Å². The molecule has 0 spiro atoms. The molecule has 0 unspecified atom stereocenters. The lowest BCUT2D eigenvalue weighted by atomic mass is 10.1. The maximum Gasteiger partial charge on any atom is 0.306 e. The largest absolute Gasteiger partial charge is 0.381 e. The Bertz CT molecular complexity index is 541. The van der Waals surface area contributed by atoms with E-state index in [1.807, 2.05) is 0 Å². The van der Waals surface area contributed by atoms with Crippen LogP contribution in [0.4, 0.5) is 22.0 Å². The molecule has 0 aromatic heterocycles. The number of halogens is 5. The lowest BCUT2D eigenvalue weighted by molar-refractivity contribution is 0.139. The lowest BCUT2D eigenvalue weighted by Gasteiger charge is -2.11. The van der Waals surface area contributed by atoms with E-state index in [-0.39, 0.29) is 6.07 Å². The predicted octanol–water partition coefficient (Wildman–Crippen LogP) is 2.84. The molecular weight excluding hydrogens is 283 g/mol. The van der Waals surface area contributed by atoms with Crippen LogP contribution in [0, 0.1) is 11.9 Å². The van der Waals surface area contributed by atoms with Crippen molar-refractivity contribution in [2.24, 2.45) is 0 Å². The van der Waals surface area contributed by atoms with Crippen LogP contribution in [0.5, 0.6) is 5.75 Å². The third-order valence-corrected chi connectivity index (χ3v) is 2.22. The van der Waals surface area contributed by atoms with Crippen LogP contribution in [0.3, 0.4) is 0 Å². The first-order valence-corrected chi connectivity index (χ1v) is 6.15. The summed E-state index contributed by atoms with van der Waals surface area (Å²) in [6, 6.07) is 1.59. The van der Waals surface area contributed by atoms with Gasteiger partial charge in [0.2, 0.25) is 0 Å². The van der Waals surface area contributed by atoms with Crippen molar-refractivity contribution in [2.45, 2.75) is 12.9 Å². The van der Waals surface area contributed by atoms with Gasteiger partial charge >= 0.3 is 10.1 Å². The molecule has 18 heavy (non-hydrogen) atoms. The standard InChI is InChI=1S/C9H6F5O3S/c1-18(15,16)17-7-3-6(10)4(8(11)12)2-5(7)9(13)14/h2,8-9H,1H3. The average molecular weight is 289 g/mol. The monoisotopic (exact) mass is 289 g/mol. The van der Waals surface area contributed by atoms with Crippen molar-refractivity contribution in [1.82, 2.24) is 0 Å². The number of benzene rings is 1. The summed E-state index contributed by atoms with van der Waals surface area (Å²) in [5.74, 6) is -2.78. The minimum absolute atomic E-state index is 0.154. The fourth-order valence-electron chi connectivity index (χ4n) is 1.08. The normalized spacial score (nSPS) is 12.2. The Morgan fingerprint density at radius 3 is 2.06 bits per heavy atom. The third kappa shape index (κ3) is 3.56. The molecule has 0 aliphatic carbocycles. The molecule has 0 saturated heterocycles. The highest BCUT2D eigenvalue weighted by atomic mass is 32.2. The number of alkyl halides is 4. The quantitative estimate of drug-likeness (QED) is 0.632. The van der Waals surface area contributed by atoms with Gasteiger partial charge in [0.1, 0.15) is 5.82 Å². The second-order valence-electron chi connectivity index (χ2n) is 3.21. The van der Waals surface area contributed by atoms with Gasteiger partial charge in [-0.3, -0.25) is 0 Å². The molecule has 1 aromatic rings. The van der Waals surface area contributed by atoms with Crippen LogP contribution in [-0.2, 0) is 10.1 Å². The highest BCUT2D eigenvalue weighted by Gasteiger charge is 2.24. The molecule has 9 heteroatoms. The smallest absolute Gasteiger partial charge is 0.306 e. The van der Waals surface area contributed by atoms with Crippen molar-refractivity contribution in [1.29, 1.82) is 0 Å². The van der Waals surface area contributed by atoms with Crippen molar-refractivity contribution in [3.8, 4) is 5.75 Å². The fourth-order valence-corrected chi connectivity index (χ4v) is 1.52. The number of rotatable bonds is 4. The topological polar surface area (TPSA) is 43.4 Å². The van der Waals surface area contributed by atoms with Gasteiger partial charge in [-0.05, 0) is 6.07 Å². The van der Waals surface area contributed by atoms with E-state index in [4.69, 9.17) is 0 Å². The van der Waals surface area contributed by atoms with E-state index in [0.717, 1.165) is 0 Å². The zero-order valence-corrected chi connectivity index (χ0v) is 9.57. The Morgan fingerprint density at radius 2 is 1.67 bits per heavy atom. The molecule has 0 amide bonds. The van der Waals surface area contributed by atoms with Gasteiger partial charge in [0, 0.05) is 0 Å². The number of hydrogen-bond donors (Lipinski definition) is 0. The molecule has 0 fully saturated rings. The van der Waals surface area contributed by atoms with Crippen LogP contribution >= 0.6 is 0 Å². The maximum atomic E-state index is 13.1. The summed E-state index contributed by atoms with van der Waals surface area (Å²) in [5, 5.41) is 0. The van der Waals surface area contributed by atoms with Crippen LogP contribution in [0.15, 0.2) is 6.07 Å². The van der Waals surface area contributed by atoms with E-state index in [2.05, 4.69) is 4.18 Å². The first-order chi connectivity index (χ1) is 8.11. The average Bonchev–Trinajstić information content (AvgIpc) is 2.13. The number of hydrogen-bond acceptors (Lipinski definition) is 3. The summed E-state index contributed by atoms with van der Waals surface area (Å²) < 4.78 is 88.2. The first-order valence-electron chi connectivity index (χ1n) is 4.33. The van der Waals surface area contributed by atoms with Gasteiger partial charge in [-0.15, -0.1) is 0 Å². The lowest BCUT2D eigenvalue weighted by Crippen LogP contribution is -2.09. The first kappa shape index (κ1) is 14.7. The highest BCUT2D eigenvalue weighted by molar-refractivity contribution is 7.86. The molecule has 1 rings (SSSR count). The second kappa shape index (κ2) is 5.09. The molecule has 0 saturated carbocycles. The molecule has 0 aliphatic rings. The van der Waals surface area contributed by atoms with Crippen LogP contribution in [0.2, 0.25) is 0 Å². The Morgan fingerprint density at radius 1 is 1.17 bits per heavy atom. The molecule has 0 N–H and O–H groups in total. The zero-order chi connectivity index (χ0) is 14.1. The second-order valence-corrected chi connectivity index (χ2v) is 4.79. The van der Waals surface area contributed by atoms with E-state index in [1.54, 1.807) is 0 Å². The van der Waals surface area contributed by atoms with Gasteiger partial charge in [0.25, 0.3) is 12.9 Å². The highest BCUT2D eigenvalue weighted by Crippen LogP contribution is 2.34. The molecule has 0 aliphatic heterocycles. The van der Waals surface area contributed by atoms with Crippen LogP contribution < -0.4 is 4.18 Å². The molecule has 3 nitrogen and oxygen atoms in total. The van der Waals surface area contributed by atoms with Crippen LogP contribution in [0.25, 0.3) is 0 Å². The molecule has 1 radical (unpaired) electrons. The Hall–Kier alpha value is -1.38. The Labute approximate surface area is 99.3 Å². The van der Waals surface area contributed by atoms with Crippen LogP contribution in [-0.4, -0.2) is 14.7 Å². The minimum Gasteiger partial charge on any atom is -0.381 e. The fraction of sp³-hybridized carbons (Fsp3) is 0.333. The van der Waals surface area contributed by atoms with Gasteiger partial charge in [-0.25, -0.2) is 22.0 Å².